The molecule has 0 saturated carbocycles. The largest absolute Gasteiger partial charge is 0.497 e. The minimum Gasteiger partial charge on any atom is -0.497 e. The Morgan fingerprint density at radius 1 is 1.09 bits per heavy atom. The fourth-order valence-electron chi connectivity index (χ4n) is 4.08. The molecule has 2 heterocycles. The lowest BCUT2D eigenvalue weighted by Gasteiger charge is -2.32. The lowest BCUT2D eigenvalue weighted by atomic mass is 10.0. The second kappa shape index (κ2) is 10.9. The lowest BCUT2D eigenvalue weighted by Crippen LogP contribution is -2.44. The van der Waals surface area contributed by atoms with Gasteiger partial charge in [0.25, 0.3) is 5.91 Å². The number of likely N-dealkylation sites (tertiary alicyclic amines) is 1. The zero-order chi connectivity index (χ0) is 23.0. The summed E-state index contributed by atoms with van der Waals surface area (Å²) >= 11 is 0. The van der Waals surface area contributed by atoms with Crippen molar-refractivity contribution in [1.82, 2.24) is 20.2 Å². The first-order chi connectivity index (χ1) is 16.1. The number of nitrogens with zero attached hydrogens (tertiary/aromatic N) is 3. The predicted octanol–water partition coefficient (Wildman–Crippen LogP) is 3.80. The molecule has 1 aliphatic rings. The quantitative estimate of drug-likeness (QED) is 0.549. The summed E-state index contributed by atoms with van der Waals surface area (Å²) in [6.45, 7) is 5.32. The van der Waals surface area contributed by atoms with E-state index in [4.69, 9.17) is 4.74 Å². The maximum atomic E-state index is 12.8. The lowest BCUT2D eigenvalue weighted by molar-refractivity contribution is 0.0907. The smallest absolute Gasteiger partial charge is 0.254 e. The van der Waals surface area contributed by atoms with Crippen LogP contribution in [0.3, 0.4) is 0 Å². The van der Waals surface area contributed by atoms with Gasteiger partial charge in [0.05, 0.1) is 18.4 Å². The highest BCUT2D eigenvalue weighted by Gasteiger charge is 2.22. The summed E-state index contributed by atoms with van der Waals surface area (Å²) in [5.41, 5.74) is 3.58. The number of anilines is 1. The summed E-state index contributed by atoms with van der Waals surface area (Å²) < 4.78 is 5.26. The molecule has 0 spiro atoms. The monoisotopic (exact) mass is 445 g/mol. The number of nitrogens with one attached hydrogen (secondary N) is 2. The molecule has 4 rings (SSSR count). The van der Waals surface area contributed by atoms with Gasteiger partial charge >= 0.3 is 0 Å². The van der Waals surface area contributed by atoms with Crippen molar-refractivity contribution in [2.45, 2.75) is 38.9 Å². The predicted molar refractivity (Wildman–Crippen MR) is 129 cm³/mol. The van der Waals surface area contributed by atoms with Crippen molar-refractivity contribution in [2.75, 3.05) is 25.5 Å². The summed E-state index contributed by atoms with van der Waals surface area (Å²) in [6, 6.07) is 18.5. The Kier molecular flexibility index (Phi) is 7.52. The van der Waals surface area contributed by atoms with Crippen molar-refractivity contribution in [3.8, 4) is 5.75 Å². The highest BCUT2D eigenvalue weighted by Crippen LogP contribution is 2.16. The van der Waals surface area contributed by atoms with Gasteiger partial charge in [-0.1, -0.05) is 42.5 Å². The first-order valence-corrected chi connectivity index (χ1v) is 11.4. The van der Waals surface area contributed by atoms with Crippen molar-refractivity contribution in [2.24, 2.45) is 0 Å². The van der Waals surface area contributed by atoms with Crippen LogP contribution in [-0.4, -0.2) is 47.0 Å². The maximum Gasteiger partial charge on any atom is 0.254 e. The van der Waals surface area contributed by atoms with E-state index in [1.165, 1.54) is 5.56 Å². The van der Waals surface area contributed by atoms with Crippen LogP contribution in [0.1, 0.15) is 40.0 Å². The number of amides is 1. The average Bonchev–Trinajstić information content (AvgIpc) is 2.85. The fourth-order valence-corrected chi connectivity index (χ4v) is 4.08. The topological polar surface area (TPSA) is 79.4 Å². The number of benzene rings is 2. The zero-order valence-corrected chi connectivity index (χ0v) is 19.3. The number of aromatic nitrogens is 2. The Balaban J connectivity index is 1.27. The van der Waals surface area contributed by atoms with Gasteiger partial charge in [-0.25, -0.2) is 9.97 Å². The second-order valence-corrected chi connectivity index (χ2v) is 8.41. The van der Waals surface area contributed by atoms with Crippen molar-refractivity contribution in [1.29, 1.82) is 0 Å². The Bertz CT molecular complexity index is 1070. The molecule has 1 saturated heterocycles. The van der Waals surface area contributed by atoms with E-state index in [1.807, 2.05) is 37.3 Å². The van der Waals surface area contributed by atoms with E-state index in [1.54, 1.807) is 13.3 Å². The van der Waals surface area contributed by atoms with Crippen molar-refractivity contribution < 1.29 is 9.53 Å². The van der Waals surface area contributed by atoms with E-state index in [0.717, 1.165) is 43.8 Å². The van der Waals surface area contributed by atoms with E-state index in [2.05, 4.69) is 49.8 Å². The summed E-state index contributed by atoms with van der Waals surface area (Å²) in [7, 11) is 1.65. The number of rotatable bonds is 8. The summed E-state index contributed by atoms with van der Waals surface area (Å²) in [6.07, 6.45) is 3.49. The van der Waals surface area contributed by atoms with Gasteiger partial charge in [0.2, 0.25) is 5.95 Å². The van der Waals surface area contributed by atoms with E-state index in [-0.39, 0.29) is 11.9 Å². The van der Waals surface area contributed by atoms with Crippen LogP contribution >= 0.6 is 0 Å². The molecule has 2 N–H and O–H groups in total. The van der Waals surface area contributed by atoms with Gasteiger partial charge in [0.15, 0.2) is 0 Å². The molecule has 172 valence electrons. The van der Waals surface area contributed by atoms with E-state index >= 15 is 0 Å². The fraction of sp³-hybridized carbons (Fsp3) is 0.346. The third-order valence-electron chi connectivity index (χ3n) is 5.98. The molecule has 0 unspecified atom stereocenters. The highest BCUT2D eigenvalue weighted by atomic mass is 16.5. The highest BCUT2D eigenvalue weighted by molar-refractivity contribution is 5.95. The number of hydrogen-bond donors (Lipinski definition) is 2. The van der Waals surface area contributed by atoms with Gasteiger partial charge in [-0.3, -0.25) is 9.69 Å². The molecule has 0 bridgehead atoms. The molecule has 2 aromatic carbocycles. The minimum atomic E-state index is -0.103. The number of ether oxygens (including phenoxy) is 1. The van der Waals surface area contributed by atoms with Crippen LogP contribution in [0, 0.1) is 6.92 Å². The summed E-state index contributed by atoms with van der Waals surface area (Å²) in [5.74, 6) is 1.21. The SMILES string of the molecule is COc1cccc(CNc2ncc(C(=O)NC3CCN(Cc4ccccc4)CC3)c(C)n2)c1. The van der Waals surface area contributed by atoms with Gasteiger partial charge < -0.3 is 15.4 Å². The van der Waals surface area contributed by atoms with Crippen molar-refractivity contribution in [3.05, 3.63) is 83.2 Å². The number of piperidine rings is 1. The number of aryl methyl sites for hydroxylation is 1. The van der Waals surface area contributed by atoms with Crippen molar-refractivity contribution in [3.63, 3.8) is 0 Å². The zero-order valence-electron chi connectivity index (χ0n) is 19.3. The van der Waals surface area contributed by atoms with Crippen LogP contribution in [0.4, 0.5) is 5.95 Å². The van der Waals surface area contributed by atoms with E-state index < -0.39 is 0 Å². The molecular formula is C26H31N5O2. The standard InChI is InChI=1S/C26H31N5O2/c1-19-24(17-28-26(29-19)27-16-21-9-6-10-23(15-21)33-2)25(32)30-22-11-13-31(14-12-22)18-20-7-4-3-5-8-20/h3-10,15,17,22H,11-14,16,18H2,1-2H3,(H,30,32)(H,27,28,29). The molecule has 33 heavy (non-hydrogen) atoms. The number of carbonyl (C=O) groups excluding carboxylic acids is 1. The summed E-state index contributed by atoms with van der Waals surface area (Å²) in [5, 5.41) is 6.38. The van der Waals surface area contributed by atoms with Crippen LogP contribution < -0.4 is 15.4 Å². The molecule has 0 radical (unpaired) electrons. The van der Waals surface area contributed by atoms with Gasteiger partial charge in [0, 0.05) is 38.4 Å². The molecular weight excluding hydrogens is 414 g/mol. The first kappa shape index (κ1) is 22.7. The maximum absolute atomic E-state index is 12.8. The molecule has 1 aromatic heterocycles. The van der Waals surface area contributed by atoms with E-state index in [0.29, 0.717) is 23.8 Å². The molecule has 7 nitrogen and oxygen atoms in total. The van der Waals surface area contributed by atoms with Crippen LogP contribution in [0.2, 0.25) is 0 Å². The Hall–Kier alpha value is -3.45. The number of hydrogen-bond acceptors (Lipinski definition) is 6. The van der Waals surface area contributed by atoms with Gasteiger partial charge in [-0.15, -0.1) is 0 Å². The molecule has 3 aromatic rings. The van der Waals surface area contributed by atoms with Crippen molar-refractivity contribution >= 4 is 11.9 Å². The summed E-state index contributed by atoms with van der Waals surface area (Å²) in [4.78, 5) is 24.1. The number of carbonyl (C=O) groups is 1. The normalized spacial score (nSPS) is 14.6. The van der Waals surface area contributed by atoms with Crippen LogP contribution in [0.15, 0.2) is 60.8 Å². The van der Waals surface area contributed by atoms with Gasteiger partial charge in [-0.2, -0.15) is 0 Å². The van der Waals surface area contributed by atoms with Crippen LogP contribution in [0.5, 0.6) is 5.75 Å². The molecule has 1 amide bonds. The molecule has 7 heteroatoms. The second-order valence-electron chi connectivity index (χ2n) is 8.41. The Morgan fingerprint density at radius 3 is 2.58 bits per heavy atom. The van der Waals surface area contributed by atoms with Crippen LogP contribution in [-0.2, 0) is 13.1 Å². The Labute approximate surface area is 195 Å². The molecule has 1 aliphatic heterocycles. The third-order valence-corrected chi connectivity index (χ3v) is 5.98. The van der Waals surface area contributed by atoms with Crippen LogP contribution in [0.25, 0.3) is 0 Å². The average molecular weight is 446 g/mol. The molecule has 1 fully saturated rings. The molecule has 0 aliphatic carbocycles. The molecule has 0 atom stereocenters. The third kappa shape index (κ3) is 6.29. The first-order valence-electron chi connectivity index (χ1n) is 11.4. The Morgan fingerprint density at radius 2 is 1.85 bits per heavy atom. The van der Waals surface area contributed by atoms with Gasteiger partial charge in [0.1, 0.15) is 5.75 Å². The minimum absolute atomic E-state index is 0.103. The van der Waals surface area contributed by atoms with Gasteiger partial charge in [-0.05, 0) is 43.0 Å². The van der Waals surface area contributed by atoms with E-state index in [9.17, 15) is 4.79 Å². The number of methoxy groups -OCH3 is 1.